The average molecular weight is 294 g/mol. The molecule has 7 heteroatoms. The molecule has 1 heterocycles. The second-order valence-electron chi connectivity index (χ2n) is 3.12. The van der Waals surface area contributed by atoms with Crippen LogP contribution in [0.2, 0.25) is 15.1 Å². The fourth-order valence-corrected chi connectivity index (χ4v) is 1.58. The standard InChI is InChI=1S/C10H4Cl3FN2O/c11-6-2-1-5(3-8(6)14)16-10(17)9(13)7(12)4-15-16/h1-4H. The maximum absolute atomic E-state index is 13.2. The summed E-state index contributed by atoms with van der Waals surface area (Å²) in [5.74, 6) is -0.649. The third kappa shape index (κ3) is 2.29. The first-order valence-electron chi connectivity index (χ1n) is 4.39. The summed E-state index contributed by atoms with van der Waals surface area (Å²) in [7, 11) is 0. The maximum atomic E-state index is 13.2. The fraction of sp³-hybridized carbons (Fsp3) is 0. The summed E-state index contributed by atoms with van der Waals surface area (Å²) >= 11 is 16.8. The highest BCUT2D eigenvalue weighted by atomic mass is 35.5. The molecule has 0 aliphatic rings. The molecular formula is C10H4Cl3FN2O. The predicted octanol–water partition coefficient (Wildman–Crippen LogP) is 3.33. The third-order valence-corrected chi connectivity index (χ3v) is 3.08. The van der Waals surface area contributed by atoms with E-state index in [1.54, 1.807) is 0 Å². The van der Waals surface area contributed by atoms with E-state index in [0.29, 0.717) is 0 Å². The Balaban J connectivity index is 2.65. The van der Waals surface area contributed by atoms with Gasteiger partial charge in [0.1, 0.15) is 10.8 Å². The summed E-state index contributed by atoms with van der Waals surface area (Å²) in [5, 5.41) is 3.59. The zero-order chi connectivity index (χ0) is 12.6. The number of nitrogens with zero attached hydrogens (tertiary/aromatic N) is 2. The van der Waals surface area contributed by atoms with Gasteiger partial charge in [-0.1, -0.05) is 34.8 Å². The van der Waals surface area contributed by atoms with E-state index in [1.165, 1.54) is 18.3 Å². The molecule has 0 saturated carbocycles. The van der Waals surface area contributed by atoms with Crippen molar-refractivity contribution in [3.63, 3.8) is 0 Å². The number of rotatable bonds is 1. The molecule has 0 unspecified atom stereocenters. The number of hydrogen-bond acceptors (Lipinski definition) is 2. The molecule has 1 aromatic heterocycles. The zero-order valence-corrected chi connectivity index (χ0v) is 10.4. The summed E-state index contributed by atoms with van der Waals surface area (Å²) < 4.78 is 14.2. The van der Waals surface area contributed by atoms with Crippen molar-refractivity contribution in [3.05, 3.63) is 55.6 Å². The van der Waals surface area contributed by atoms with E-state index in [1.807, 2.05) is 0 Å². The molecule has 0 spiro atoms. The van der Waals surface area contributed by atoms with Crippen LogP contribution in [0.1, 0.15) is 0 Å². The van der Waals surface area contributed by atoms with E-state index in [9.17, 15) is 9.18 Å². The number of hydrogen-bond donors (Lipinski definition) is 0. The Labute approximate surface area is 110 Å². The first kappa shape index (κ1) is 12.4. The first-order chi connectivity index (χ1) is 8.00. The van der Waals surface area contributed by atoms with E-state index in [-0.39, 0.29) is 20.8 Å². The van der Waals surface area contributed by atoms with E-state index < -0.39 is 11.4 Å². The van der Waals surface area contributed by atoms with Gasteiger partial charge in [0.2, 0.25) is 0 Å². The minimum absolute atomic E-state index is 0.0399. The van der Waals surface area contributed by atoms with Gasteiger partial charge in [0.05, 0.1) is 21.9 Å². The Morgan fingerprint density at radius 1 is 1.18 bits per heavy atom. The minimum atomic E-state index is -0.649. The summed E-state index contributed by atoms with van der Waals surface area (Å²) in [5.41, 5.74) is -0.406. The molecule has 0 aliphatic carbocycles. The van der Waals surface area contributed by atoms with Gasteiger partial charge in [-0.15, -0.1) is 0 Å². The molecule has 0 N–H and O–H groups in total. The Morgan fingerprint density at radius 2 is 1.88 bits per heavy atom. The van der Waals surface area contributed by atoms with E-state index in [2.05, 4.69) is 5.10 Å². The maximum Gasteiger partial charge on any atom is 0.291 e. The molecule has 3 nitrogen and oxygen atoms in total. The quantitative estimate of drug-likeness (QED) is 0.808. The molecule has 0 saturated heterocycles. The molecule has 0 aliphatic heterocycles. The molecule has 2 rings (SSSR count). The van der Waals surface area contributed by atoms with Gasteiger partial charge in [0, 0.05) is 6.07 Å². The lowest BCUT2D eigenvalue weighted by molar-refractivity contribution is 0.625. The zero-order valence-electron chi connectivity index (χ0n) is 8.12. The molecule has 0 amide bonds. The summed E-state index contributed by atoms with van der Waals surface area (Å²) in [4.78, 5) is 11.7. The van der Waals surface area contributed by atoms with Crippen LogP contribution < -0.4 is 5.56 Å². The van der Waals surface area contributed by atoms with Crippen LogP contribution in [-0.2, 0) is 0 Å². The molecule has 1 aromatic carbocycles. The second-order valence-corrected chi connectivity index (χ2v) is 4.31. The van der Waals surface area contributed by atoms with Crippen molar-refractivity contribution in [1.29, 1.82) is 0 Å². The van der Waals surface area contributed by atoms with Gasteiger partial charge in [0.15, 0.2) is 0 Å². The first-order valence-corrected chi connectivity index (χ1v) is 5.53. The SMILES string of the molecule is O=c1c(Cl)c(Cl)cnn1-c1ccc(Cl)c(F)c1. The highest BCUT2D eigenvalue weighted by Gasteiger charge is 2.10. The highest BCUT2D eigenvalue weighted by molar-refractivity contribution is 6.41. The van der Waals surface area contributed by atoms with Gasteiger partial charge in [-0.05, 0) is 12.1 Å². The van der Waals surface area contributed by atoms with Crippen LogP contribution in [0.15, 0.2) is 29.2 Å². The van der Waals surface area contributed by atoms with Gasteiger partial charge in [-0.25, -0.2) is 4.39 Å². The van der Waals surface area contributed by atoms with Crippen molar-refractivity contribution >= 4 is 34.8 Å². The molecular weight excluding hydrogens is 289 g/mol. The van der Waals surface area contributed by atoms with E-state index in [0.717, 1.165) is 10.7 Å². The summed E-state index contributed by atoms with van der Waals surface area (Å²) in [6.45, 7) is 0. The normalized spacial score (nSPS) is 10.6. The van der Waals surface area contributed by atoms with Gasteiger partial charge < -0.3 is 0 Å². The lowest BCUT2D eigenvalue weighted by atomic mass is 10.3. The Hall–Kier alpha value is -1.10. The molecule has 0 radical (unpaired) electrons. The lowest BCUT2D eigenvalue weighted by Crippen LogP contribution is -2.21. The van der Waals surface area contributed by atoms with Gasteiger partial charge in [-0.2, -0.15) is 9.78 Å². The molecule has 0 bridgehead atoms. The highest BCUT2D eigenvalue weighted by Crippen LogP contribution is 2.19. The van der Waals surface area contributed by atoms with Crippen LogP contribution in [0.5, 0.6) is 0 Å². The minimum Gasteiger partial charge on any atom is -0.266 e. The van der Waals surface area contributed by atoms with Crippen LogP contribution in [0.25, 0.3) is 5.69 Å². The lowest BCUT2D eigenvalue weighted by Gasteiger charge is -2.05. The Morgan fingerprint density at radius 3 is 2.53 bits per heavy atom. The van der Waals surface area contributed by atoms with Crippen molar-refractivity contribution in [2.75, 3.05) is 0 Å². The van der Waals surface area contributed by atoms with Crippen molar-refractivity contribution < 1.29 is 4.39 Å². The van der Waals surface area contributed by atoms with Crippen LogP contribution >= 0.6 is 34.8 Å². The van der Waals surface area contributed by atoms with E-state index >= 15 is 0 Å². The monoisotopic (exact) mass is 292 g/mol. The van der Waals surface area contributed by atoms with Crippen LogP contribution in [0, 0.1) is 5.82 Å². The van der Waals surface area contributed by atoms with Gasteiger partial charge in [0.25, 0.3) is 5.56 Å². The molecule has 17 heavy (non-hydrogen) atoms. The number of benzene rings is 1. The molecule has 88 valence electrons. The van der Waals surface area contributed by atoms with Crippen LogP contribution in [0.3, 0.4) is 0 Å². The van der Waals surface area contributed by atoms with E-state index in [4.69, 9.17) is 34.8 Å². The summed E-state index contributed by atoms with van der Waals surface area (Å²) in [6, 6.07) is 3.86. The molecule has 2 aromatic rings. The second kappa shape index (κ2) is 4.64. The van der Waals surface area contributed by atoms with Crippen molar-refractivity contribution in [2.45, 2.75) is 0 Å². The topological polar surface area (TPSA) is 34.9 Å². The number of halogens is 4. The Kier molecular flexibility index (Phi) is 3.38. The largest absolute Gasteiger partial charge is 0.291 e. The van der Waals surface area contributed by atoms with Gasteiger partial charge in [-0.3, -0.25) is 4.79 Å². The molecule has 0 fully saturated rings. The van der Waals surface area contributed by atoms with Crippen molar-refractivity contribution in [2.24, 2.45) is 0 Å². The predicted molar refractivity (Wildman–Crippen MR) is 64.8 cm³/mol. The Bertz CT molecular complexity index is 642. The summed E-state index contributed by atoms with van der Waals surface area (Å²) in [6.07, 6.45) is 1.21. The average Bonchev–Trinajstić information content (AvgIpc) is 2.30. The van der Waals surface area contributed by atoms with Crippen molar-refractivity contribution in [3.8, 4) is 5.69 Å². The number of aromatic nitrogens is 2. The van der Waals surface area contributed by atoms with Gasteiger partial charge >= 0.3 is 0 Å². The molecule has 0 atom stereocenters. The fourth-order valence-electron chi connectivity index (χ4n) is 1.21. The third-order valence-electron chi connectivity index (χ3n) is 2.02. The van der Waals surface area contributed by atoms with Crippen molar-refractivity contribution in [1.82, 2.24) is 9.78 Å². The van der Waals surface area contributed by atoms with Crippen LogP contribution in [0.4, 0.5) is 4.39 Å². The van der Waals surface area contributed by atoms with Crippen LogP contribution in [-0.4, -0.2) is 9.78 Å². The smallest absolute Gasteiger partial charge is 0.266 e.